The Hall–Kier alpha value is -1.53. The van der Waals surface area contributed by atoms with Gasteiger partial charge in [-0.2, -0.15) is 0 Å². The fraction of sp³-hybridized carbons (Fsp3) is 0.904. The smallest absolute Gasteiger partial charge is 0.220 e. The first-order chi connectivity index (χ1) is 32.1. The fourth-order valence-electron chi connectivity index (χ4n) is 8.76. The van der Waals surface area contributed by atoms with Crippen LogP contribution in [0.2, 0.25) is 0 Å². The van der Waals surface area contributed by atoms with Gasteiger partial charge in [0, 0.05) is 6.42 Å². The number of ether oxygens (including phenoxy) is 4. The van der Waals surface area contributed by atoms with Gasteiger partial charge in [-0.05, 0) is 44.9 Å². The third-order valence-corrected chi connectivity index (χ3v) is 13.1. The second kappa shape index (κ2) is 39.2. The number of hydrogen-bond donors (Lipinski definition) is 9. The van der Waals surface area contributed by atoms with E-state index in [4.69, 9.17) is 18.9 Å². The molecule has 2 aliphatic heterocycles. The molecule has 2 rings (SSSR count). The molecule has 2 fully saturated rings. The third kappa shape index (κ3) is 25.9. The lowest BCUT2D eigenvalue weighted by Crippen LogP contribution is -2.65. The number of allylic oxidation sites excluding steroid dienone is 3. The molecule has 0 aromatic heterocycles. The second-order valence-electron chi connectivity index (χ2n) is 19.0. The molecule has 0 radical (unpaired) electrons. The molecule has 12 atom stereocenters. The highest BCUT2D eigenvalue weighted by molar-refractivity contribution is 5.76. The molecular weight excluding hydrogens is 847 g/mol. The Bertz CT molecular complexity index is 1210. The number of rotatable bonds is 41. The van der Waals surface area contributed by atoms with E-state index in [9.17, 15) is 45.6 Å². The summed E-state index contributed by atoms with van der Waals surface area (Å²) in [4.78, 5) is 13.2. The maximum absolute atomic E-state index is 13.2. The van der Waals surface area contributed by atoms with Gasteiger partial charge in [0.15, 0.2) is 12.6 Å². The minimum absolute atomic E-state index is 0.242. The zero-order valence-electron chi connectivity index (χ0n) is 41.2. The van der Waals surface area contributed by atoms with Crippen molar-refractivity contribution in [3.63, 3.8) is 0 Å². The average Bonchev–Trinajstić information content (AvgIpc) is 3.31. The lowest BCUT2D eigenvalue weighted by atomic mass is 9.97. The molecule has 0 bridgehead atoms. The first-order valence-electron chi connectivity index (χ1n) is 26.6. The third-order valence-electron chi connectivity index (χ3n) is 13.1. The summed E-state index contributed by atoms with van der Waals surface area (Å²) in [5, 5.41) is 86.8. The molecule has 0 spiro atoms. The number of nitrogens with one attached hydrogen (secondary N) is 1. The van der Waals surface area contributed by atoms with Gasteiger partial charge < -0.3 is 65.1 Å². The SMILES string of the molecule is CCCCCCCC/C=C\CCCCCCCCCCCC(=O)NC(COC1OC(CO)C(OC2OC(CO)C(O)C(O)C2O)C(O)C1O)C(O)/C=C/CCCCCCCCCCCCC. The molecule has 9 N–H and O–H groups in total. The quantitative estimate of drug-likeness (QED) is 0.0216. The number of aliphatic hydroxyl groups excluding tert-OH is 8. The Labute approximate surface area is 398 Å². The van der Waals surface area contributed by atoms with E-state index < -0.39 is 86.8 Å². The molecule has 2 saturated heterocycles. The Morgan fingerprint density at radius 1 is 0.530 bits per heavy atom. The van der Waals surface area contributed by atoms with Gasteiger partial charge in [0.2, 0.25) is 5.91 Å². The molecule has 0 aromatic rings. The summed E-state index contributed by atoms with van der Waals surface area (Å²) in [6.45, 7) is 2.78. The largest absolute Gasteiger partial charge is 0.394 e. The zero-order chi connectivity index (χ0) is 48.2. The molecule has 14 nitrogen and oxygen atoms in total. The van der Waals surface area contributed by atoms with Crippen molar-refractivity contribution in [3.05, 3.63) is 24.3 Å². The lowest BCUT2D eigenvalue weighted by Gasteiger charge is -2.46. The van der Waals surface area contributed by atoms with E-state index in [0.29, 0.717) is 6.42 Å². The summed E-state index contributed by atoms with van der Waals surface area (Å²) in [7, 11) is 0. The van der Waals surface area contributed by atoms with Gasteiger partial charge >= 0.3 is 0 Å². The van der Waals surface area contributed by atoms with Crippen LogP contribution in [0, 0.1) is 0 Å². The first-order valence-corrected chi connectivity index (χ1v) is 26.6. The summed E-state index contributed by atoms with van der Waals surface area (Å²) in [6.07, 6.45) is 26.4. The standard InChI is InChI=1S/C52H97NO13/c1-3-5-7-9-11-13-15-17-18-19-20-21-22-24-26-28-30-32-34-36-44(57)53-40(41(56)35-33-31-29-27-25-23-16-14-12-10-8-6-4-2)39-63-51-49(62)47(60)50(43(38-55)65-51)66-52-48(61)46(59)45(58)42(37-54)64-52/h17-18,33,35,40-43,45-52,54-56,58-62H,3-16,19-32,34,36-39H2,1-2H3,(H,53,57)/b18-17-,35-33+. The molecule has 0 aromatic carbocycles. The molecule has 14 heteroatoms. The number of aliphatic hydroxyl groups is 8. The van der Waals surface area contributed by atoms with Crippen LogP contribution in [-0.4, -0.2) is 140 Å². The minimum atomic E-state index is -1.79. The predicted octanol–water partition coefficient (Wildman–Crippen LogP) is 7.33. The Kier molecular flexibility index (Phi) is 36.0. The van der Waals surface area contributed by atoms with E-state index in [2.05, 4.69) is 31.3 Å². The fourth-order valence-corrected chi connectivity index (χ4v) is 8.76. The summed E-state index contributed by atoms with van der Waals surface area (Å²) < 4.78 is 22.7. The van der Waals surface area contributed by atoms with Crippen LogP contribution in [0.15, 0.2) is 24.3 Å². The number of hydrogen-bond acceptors (Lipinski definition) is 13. The number of amides is 1. The number of carbonyl (C=O) groups excluding carboxylic acids is 1. The highest BCUT2D eigenvalue weighted by Crippen LogP contribution is 2.30. The van der Waals surface area contributed by atoms with Gasteiger partial charge in [0.25, 0.3) is 0 Å². The zero-order valence-corrected chi connectivity index (χ0v) is 41.2. The molecule has 12 unspecified atom stereocenters. The monoisotopic (exact) mass is 944 g/mol. The van der Waals surface area contributed by atoms with Gasteiger partial charge in [-0.3, -0.25) is 4.79 Å². The normalized spacial score (nSPS) is 26.9. The van der Waals surface area contributed by atoms with Crippen LogP contribution in [-0.2, 0) is 23.7 Å². The van der Waals surface area contributed by atoms with Crippen molar-refractivity contribution < 1.29 is 64.6 Å². The van der Waals surface area contributed by atoms with Crippen LogP contribution in [0.25, 0.3) is 0 Å². The molecular formula is C52H97NO13. The van der Waals surface area contributed by atoms with Gasteiger partial charge in [-0.1, -0.05) is 179 Å². The van der Waals surface area contributed by atoms with Gasteiger partial charge in [0.1, 0.15) is 48.8 Å². The summed E-state index contributed by atoms with van der Waals surface area (Å²) in [5.74, 6) is -0.242. The van der Waals surface area contributed by atoms with Crippen molar-refractivity contribution in [3.8, 4) is 0 Å². The van der Waals surface area contributed by atoms with E-state index in [1.54, 1.807) is 6.08 Å². The lowest BCUT2D eigenvalue weighted by molar-refractivity contribution is -0.359. The van der Waals surface area contributed by atoms with Crippen molar-refractivity contribution in [2.45, 2.75) is 280 Å². The predicted molar refractivity (Wildman–Crippen MR) is 258 cm³/mol. The van der Waals surface area contributed by atoms with Crippen molar-refractivity contribution in [1.82, 2.24) is 5.32 Å². The van der Waals surface area contributed by atoms with Crippen molar-refractivity contribution in [2.75, 3.05) is 19.8 Å². The Morgan fingerprint density at radius 3 is 1.44 bits per heavy atom. The van der Waals surface area contributed by atoms with Crippen LogP contribution in [0.3, 0.4) is 0 Å². The molecule has 2 aliphatic rings. The number of carbonyl (C=O) groups is 1. The Balaban J connectivity index is 1.82. The molecule has 2 heterocycles. The van der Waals surface area contributed by atoms with Crippen LogP contribution >= 0.6 is 0 Å². The molecule has 0 aliphatic carbocycles. The van der Waals surface area contributed by atoms with Crippen molar-refractivity contribution in [2.24, 2.45) is 0 Å². The van der Waals surface area contributed by atoms with E-state index in [1.165, 1.54) is 141 Å². The van der Waals surface area contributed by atoms with E-state index in [0.717, 1.165) is 38.5 Å². The number of unbranched alkanes of at least 4 members (excludes halogenated alkanes) is 26. The molecule has 66 heavy (non-hydrogen) atoms. The van der Waals surface area contributed by atoms with Crippen LogP contribution in [0.1, 0.15) is 206 Å². The van der Waals surface area contributed by atoms with E-state index >= 15 is 0 Å². The highest BCUT2D eigenvalue weighted by atomic mass is 16.7. The van der Waals surface area contributed by atoms with Gasteiger partial charge in [-0.15, -0.1) is 0 Å². The second-order valence-corrected chi connectivity index (χ2v) is 19.0. The maximum Gasteiger partial charge on any atom is 0.220 e. The van der Waals surface area contributed by atoms with E-state index in [1.807, 2.05) is 6.08 Å². The highest BCUT2D eigenvalue weighted by Gasteiger charge is 2.51. The summed E-state index contributed by atoms with van der Waals surface area (Å²) in [5.41, 5.74) is 0. The van der Waals surface area contributed by atoms with Crippen LogP contribution in [0.4, 0.5) is 0 Å². The van der Waals surface area contributed by atoms with Crippen LogP contribution < -0.4 is 5.32 Å². The molecule has 0 saturated carbocycles. The maximum atomic E-state index is 13.2. The molecule has 388 valence electrons. The van der Waals surface area contributed by atoms with Crippen LogP contribution in [0.5, 0.6) is 0 Å². The minimum Gasteiger partial charge on any atom is -0.394 e. The Morgan fingerprint density at radius 2 is 0.955 bits per heavy atom. The van der Waals surface area contributed by atoms with Gasteiger partial charge in [-0.25, -0.2) is 0 Å². The molecule has 1 amide bonds. The van der Waals surface area contributed by atoms with Gasteiger partial charge in [0.05, 0.1) is 32.0 Å². The van der Waals surface area contributed by atoms with Crippen molar-refractivity contribution >= 4 is 5.91 Å². The average molecular weight is 944 g/mol. The first kappa shape index (κ1) is 60.6. The topological polar surface area (TPSA) is 228 Å². The van der Waals surface area contributed by atoms with E-state index in [-0.39, 0.29) is 18.9 Å². The summed E-state index contributed by atoms with van der Waals surface area (Å²) in [6, 6.07) is -0.912. The van der Waals surface area contributed by atoms with Crippen molar-refractivity contribution in [1.29, 1.82) is 0 Å². The summed E-state index contributed by atoms with van der Waals surface area (Å²) >= 11 is 0.